The van der Waals surface area contributed by atoms with Crippen molar-refractivity contribution in [1.29, 1.82) is 5.26 Å². The van der Waals surface area contributed by atoms with Gasteiger partial charge in [-0.1, -0.05) is 11.6 Å². The second-order valence-corrected chi connectivity index (χ2v) is 6.50. The highest BCUT2D eigenvalue weighted by Gasteiger charge is 2.16. The topological polar surface area (TPSA) is 105 Å². The number of pyridine rings is 1. The highest BCUT2D eigenvalue weighted by molar-refractivity contribution is 6.33. The summed E-state index contributed by atoms with van der Waals surface area (Å²) < 4.78 is 6.12. The minimum atomic E-state index is -0.588. The summed E-state index contributed by atoms with van der Waals surface area (Å²) in [7, 11) is 1.36. The number of ether oxygens (including phenoxy) is 1. The van der Waals surface area contributed by atoms with Crippen molar-refractivity contribution in [3.63, 3.8) is 0 Å². The number of benzene rings is 1. The average molecular weight is 388 g/mol. The number of carbonyl (C=O) groups is 1. The normalized spacial score (nSPS) is 11.0. The molecule has 2 rings (SSSR count). The third-order valence-electron chi connectivity index (χ3n) is 3.82. The molecule has 8 heteroatoms. The van der Waals surface area contributed by atoms with Gasteiger partial charge < -0.3 is 9.84 Å². The van der Waals surface area contributed by atoms with Gasteiger partial charge in [0.2, 0.25) is 5.88 Å². The summed E-state index contributed by atoms with van der Waals surface area (Å²) in [5.41, 5.74) is 0.439. The third kappa shape index (κ3) is 4.18. The molecule has 0 aliphatic carbocycles. The Morgan fingerprint density at radius 1 is 1.44 bits per heavy atom. The van der Waals surface area contributed by atoms with E-state index in [9.17, 15) is 14.7 Å². The van der Waals surface area contributed by atoms with Crippen molar-refractivity contribution in [2.45, 2.75) is 26.9 Å². The maximum absolute atomic E-state index is 12.1. The smallest absolute Gasteiger partial charge is 0.339 e. The zero-order valence-corrected chi connectivity index (χ0v) is 16.0. The van der Waals surface area contributed by atoms with Gasteiger partial charge in [-0.2, -0.15) is 5.26 Å². The number of aromatic nitrogens is 1. The maximum Gasteiger partial charge on any atom is 0.339 e. The predicted octanol–water partition coefficient (Wildman–Crippen LogP) is 3.24. The zero-order chi connectivity index (χ0) is 20.3. The van der Waals surface area contributed by atoms with Crippen LogP contribution in [-0.2, 0) is 11.8 Å². The Bertz CT molecular complexity index is 1030. The van der Waals surface area contributed by atoms with Crippen molar-refractivity contribution >= 4 is 29.5 Å². The average Bonchev–Trinajstić information content (AvgIpc) is 2.61. The van der Waals surface area contributed by atoms with Gasteiger partial charge in [0.25, 0.3) is 5.56 Å². The zero-order valence-electron chi connectivity index (χ0n) is 15.3. The Balaban J connectivity index is 2.49. The van der Waals surface area contributed by atoms with Crippen LogP contribution in [0, 0.1) is 18.3 Å². The number of nitriles is 1. The van der Waals surface area contributed by atoms with Gasteiger partial charge in [0.15, 0.2) is 0 Å². The van der Waals surface area contributed by atoms with Crippen LogP contribution in [0.3, 0.4) is 0 Å². The van der Waals surface area contributed by atoms with E-state index in [0.717, 1.165) is 4.57 Å². The van der Waals surface area contributed by atoms with Gasteiger partial charge in [-0.25, -0.2) is 4.79 Å². The fraction of sp³-hybridized carbons (Fsp3) is 0.263. The Labute approximate surface area is 161 Å². The highest BCUT2D eigenvalue weighted by Crippen LogP contribution is 2.25. The van der Waals surface area contributed by atoms with Crippen LogP contribution in [0.4, 0.5) is 5.69 Å². The Morgan fingerprint density at radius 3 is 2.70 bits per heavy atom. The summed E-state index contributed by atoms with van der Waals surface area (Å²) in [5, 5.41) is 19.6. The molecule has 0 fully saturated rings. The second kappa shape index (κ2) is 8.06. The van der Waals surface area contributed by atoms with E-state index < -0.39 is 11.5 Å². The number of hydrogen-bond acceptors (Lipinski definition) is 6. The molecule has 27 heavy (non-hydrogen) atoms. The van der Waals surface area contributed by atoms with Crippen LogP contribution in [0.1, 0.15) is 40.9 Å². The van der Waals surface area contributed by atoms with E-state index >= 15 is 0 Å². The quantitative estimate of drug-likeness (QED) is 0.640. The number of rotatable bonds is 4. The molecule has 1 heterocycles. The van der Waals surface area contributed by atoms with Crippen LogP contribution in [0.25, 0.3) is 0 Å². The van der Waals surface area contributed by atoms with Crippen molar-refractivity contribution in [2.24, 2.45) is 12.0 Å². The summed E-state index contributed by atoms with van der Waals surface area (Å²) in [4.78, 5) is 28.3. The molecule has 0 amide bonds. The van der Waals surface area contributed by atoms with Gasteiger partial charge in [0, 0.05) is 13.3 Å². The molecular formula is C19H18ClN3O4. The molecule has 140 valence electrons. The fourth-order valence-electron chi connectivity index (χ4n) is 2.36. The molecule has 0 atom stereocenters. The molecule has 0 aliphatic heterocycles. The van der Waals surface area contributed by atoms with Crippen molar-refractivity contribution in [1.82, 2.24) is 4.57 Å². The van der Waals surface area contributed by atoms with Crippen molar-refractivity contribution in [3.05, 3.63) is 55.8 Å². The minimum Gasteiger partial charge on any atom is -0.494 e. The molecule has 0 saturated carbocycles. The summed E-state index contributed by atoms with van der Waals surface area (Å²) >= 11 is 6.05. The Hall–Kier alpha value is -3.11. The molecule has 0 aliphatic rings. The van der Waals surface area contributed by atoms with Crippen LogP contribution in [0.5, 0.6) is 5.88 Å². The summed E-state index contributed by atoms with van der Waals surface area (Å²) in [6.07, 6.45) is 1.03. The van der Waals surface area contributed by atoms with E-state index in [0.29, 0.717) is 11.3 Å². The van der Waals surface area contributed by atoms with E-state index in [4.69, 9.17) is 21.6 Å². The molecule has 2 aromatic rings. The summed E-state index contributed by atoms with van der Waals surface area (Å²) in [5.74, 6) is -0.881. The molecule has 0 spiro atoms. The predicted molar refractivity (Wildman–Crippen MR) is 102 cm³/mol. The largest absolute Gasteiger partial charge is 0.494 e. The van der Waals surface area contributed by atoms with Gasteiger partial charge in [0.1, 0.15) is 11.6 Å². The van der Waals surface area contributed by atoms with Crippen LogP contribution < -0.4 is 5.56 Å². The first-order chi connectivity index (χ1) is 12.7. The molecule has 7 nitrogen and oxygen atoms in total. The lowest BCUT2D eigenvalue weighted by atomic mass is 10.1. The first-order valence-corrected chi connectivity index (χ1v) is 8.42. The third-order valence-corrected chi connectivity index (χ3v) is 4.15. The van der Waals surface area contributed by atoms with Gasteiger partial charge in [-0.15, -0.1) is 0 Å². The molecule has 1 N–H and O–H groups in total. The van der Waals surface area contributed by atoms with Gasteiger partial charge in [-0.05, 0) is 44.5 Å². The maximum atomic E-state index is 12.1. The SMILES string of the molecule is Cc1c(C=Nc2ccc(Cl)c(C(=O)OC(C)C)c2)c(O)n(C)c(=O)c1C#N. The summed E-state index contributed by atoms with van der Waals surface area (Å²) in [6.45, 7) is 5.01. The monoisotopic (exact) mass is 387 g/mol. The van der Waals surface area contributed by atoms with Gasteiger partial charge in [-0.3, -0.25) is 14.4 Å². The number of halogens is 1. The molecule has 0 unspecified atom stereocenters. The van der Waals surface area contributed by atoms with Crippen molar-refractivity contribution < 1.29 is 14.6 Å². The minimum absolute atomic E-state index is 0.0749. The van der Waals surface area contributed by atoms with Crippen molar-refractivity contribution in [3.8, 4) is 11.9 Å². The first kappa shape index (κ1) is 20.2. The number of carbonyl (C=O) groups excluding carboxylic acids is 1. The second-order valence-electron chi connectivity index (χ2n) is 6.09. The molecule has 0 bridgehead atoms. The lowest BCUT2D eigenvalue weighted by Crippen LogP contribution is -2.22. The van der Waals surface area contributed by atoms with E-state index in [1.54, 1.807) is 26.8 Å². The van der Waals surface area contributed by atoms with E-state index in [-0.39, 0.29) is 33.7 Å². The van der Waals surface area contributed by atoms with Gasteiger partial charge in [0.05, 0.1) is 27.9 Å². The number of esters is 1. The number of hydrogen-bond donors (Lipinski definition) is 1. The van der Waals surface area contributed by atoms with Crippen LogP contribution in [-0.4, -0.2) is 28.0 Å². The summed E-state index contributed by atoms with van der Waals surface area (Å²) in [6, 6.07) is 6.40. The van der Waals surface area contributed by atoms with Crippen LogP contribution >= 0.6 is 11.6 Å². The highest BCUT2D eigenvalue weighted by atomic mass is 35.5. The standard InChI is InChI=1S/C19H18ClN3O4/c1-10(2)27-19(26)13-7-12(5-6-16(13)20)22-9-15-11(3)14(8-21)17(24)23(4)18(15)25/h5-7,9-10,25H,1-4H3. The lowest BCUT2D eigenvalue weighted by Gasteiger charge is -2.10. The van der Waals surface area contributed by atoms with Crippen LogP contribution in [0.15, 0.2) is 28.0 Å². The first-order valence-electron chi connectivity index (χ1n) is 8.04. The number of aromatic hydroxyl groups is 1. The molecule has 1 aromatic carbocycles. The lowest BCUT2D eigenvalue weighted by molar-refractivity contribution is 0.0378. The molecule has 1 aromatic heterocycles. The molecule has 0 saturated heterocycles. The number of aliphatic imine (C=N–C) groups is 1. The molecular weight excluding hydrogens is 370 g/mol. The van der Waals surface area contributed by atoms with E-state index in [1.807, 2.05) is 6.07 Å². The van der Waals surface area contributed by atoms with Crippen LogP contribution in [0.2, 0.25) is 5.02 Å². The van der Waals surface area contributed by atoms with E-state index in [2.05, 4.69) is 4.99 Å². The Morgan fingerprint density at radius 2 is 2.11 bits per heavy atom. The van der Waals surface area contributed by atoms with Gasteiger partial charge >= 0.3 is 5.97 Å². The van der Waals surface area contributed by atoms with Crippen molar-refractivity contribution in [2.75, 3.05) is 0 Å². The fourth-order valence-corrected chi connectivity index (χ4v) is 2.55. The van der Waals surface area contributed by atoms with E-state index in [1.165, 1.54) is 25.4 Å². The number of nitrogens with zero attached hydrogens (tertiary/aromatic N) is 3. The molecule has 0 radical (unpaired) electrons. The Kier molecular flexibility index (Phi) is 6.03.